The first-order valence-electron chi connectivity index (χ1n) is 8.81. The van der Waals surface area contributed by atoms with Crippen LogP contribution in [0.3, 0.4) is 0 Å². The van der Waals surface area contributed by atoms with Crippen LogP contribution in [0, 0.1) is 0 Å². The Morgan fingerprint density at radius 3 is 2.31 bits per heavy atom. The number of pyridine rings is 1. The molecule has 0 bridgehead atoms. The minimum Gasteiger partial charge on any atom is -0.506 e. The summed E-state index contributed by atoms with van der Waals surface area (Å²) in [5, 5.41) is 11.0. The number of piperazine rings is 1. The highest BCUT2D eigenvalue weighted by Gasteiger charge is 2.19. The largest absolute Gasteiger partial charge is 0.506 e. The van der Waals surface area contributed by atoms with Crippen molar-refractivity contribution in [2.75, 3.05) is 36.0 Å². The fourth-order valence-corrected chi connectivity index (χ4v) is 3.40. The number of anilines is 2. The summed E-state index contributed by atoms with van der Waals surface area (Å²) in [6.45, 7) is 5.09. The van der Waals surface area contributed by atoms with Gasteiger partial charge in [-0.3, -0.25) is 4.79 Å². The molecule has 1 aromatic heterocycles. The van der Waals surface area contributed by atoms with Crippen LogP contribution in [0.5, 0.6) is 5.75 Å². The molecule has 0 aliphatic carbocycles. The number of nitrogens with zero attached hydrogens (tertiary/aromatic N) is 3. The Kier molecular flexibility index (Phi) is 4.21. The van der Waals surface area contributed by atoms with Crippen molar-refractivity contribution in [1.82, 2.24) is 4.98 Å². The van der Waals surface area contributed by atoms with Crippen molar-refractivity contribution in [2.45, 2.75) is 6.92 Å². The molecule has 1 aliphatic rings. The molecule has 0 spiro atoms. The van der Waals surface area contributed by atoms with E-state index in [0.29, 0.717) is 5.52 Å². The lowest BCUT2D eigenvalue weighted by Crippen LogP contribution is -2.46. The summed E-state index contributed by atoms with van der Waals surface area (Å²) in [5.74, 6) is 1.20. The Bertz CT molecular complexity index is 945. The first kappa shape index (κ1) is 16.4. The smallest absolute Gasteiger partial charge is 0.159 e. The number of benzene rings is 2. The average Bonchev–Trinajstić information content (AvgIpc) is 2.68. The Morgan fingerprint density at radius 2 is 1.62 bits per heavy atom. The van der Waals surface area contributed by atoms with Crippen LogP contribution in [-0.4, -0.2) is 42.1 Å². The van der Waals surface area contributed by atoms with Crippen molar-refractivity contribution >= 4 is 28.2 Å². The van der Waals surface area contributed by atoms with Gasteiger partial charge in [-0.05, 0) is 49.4 Å². The molecule has 5 nitrogen and oxygen atoms in total. The molecule has 1 fully saturated rings. The molecule has 1 aliphatic heterocycles. The Morgan fingerprint density at radius 1 is 0.923 bits per heavy atom. The lowest BCUT2D eigenvalue weighted by Gasteiger charge is -2.36. The number of carbonyl (C=O) groups is 1. The van der Waals surface area contributed by atoms with Gasteiger partial charge in [0.05, 0.1) is 0 Å². The number of hydrogen-bond acceptors (Lipinski definition) is 5. The van der Waals surface area contributed by atoms with Crippen LogP contribution in [0.4, 0.5) is 11.5 Å². The minimum atomic E-state index is 0.0898. The monoisotopic (exact) mass is 347 g/mol. The maximum atomic E-state index is 11.4. The first-order chi connectivity index (χ1) is 12.6. The van der Waals surface area contributed by atoms with Gasteiger partial charge >= 0.3 is 0 Å². The summed E-state index contributed by atoms with van der Waals surface area (Å²) in [4.78, 5) is 20.6. The predicted molar refractivity (Wildman–Crippen MR) is 104 cm³/mol. The Balaban J connectivity index is 1.48. The van der Waals surface area contributed by atoms with Crippen LogP contribution in [0.25, 0.3) is 10.9 Å². The topological polar surface area (TPSA) is 56.7 Å². The molecular formula is C21H21N3O2. The molecular weight excluding hydrogens is 326 g/mol. The van der Waals surface area contributed by atoms with Gasteiger partial charge < -0.3 is 14.9 Å². The van der Waals surface area contributed by atoms with Crippen molar-refractivity contribution in [3.8, 4) is 5.75 Å². The van der Waals surface area contributed by atoms with E-state index in [0.717, 1.165) is 48.6 Å². The summed E-state index contributed by atoms with van der Waals surface area (Å²) in [7, 11) is 0. The summed E-state index contributed by atoms with van der Waals surface area (Å²) < 4.78 is 0. The number of ketones is 1. The standard InChI is InChI=1S/C21H21N3O2/c1-15(25)16-5-8-18(9-6-16)23-11-13-24(14-12-23)20-10-7-17-3-2-4-19(26)21(17)22-20/h2-10,26H,11-14H2,1H3. The highest BCUT2D eigenvalue weighted by atomic mass is 16.3. The number of fused-ring (bicyclic) bond motifs is 1. The van der Waals surface area contributed by atoms with Crippen LogP contribution in [-0.2, 0) is 0 Å². The van der Waals surface area contributed by atoms with E-state index < -0.39 is 0 Å². The van der Waals surface area contributed by atoms with Crippen LogP contribution < -0.4 is 9.80 Å². The summed E-state index contributed by atoms with van der Waals surface area (Å²) in [5.41, 5.74) is 2.53. The quantitative estimate of drug-likeness (QED) is 0.735. The summed E-state index contributed by atoms with van der Waals surface area (Å²) in [6.07, 6.45) is 0. The Hall–Kier alpha value is -3.08. The molecule has 3 aromatic rings. The van der Waals surface area contributed by atoms with Gasteiger partial charge in [-0.1, -0.05) is 12.1 Å². The van der Waals surface area contributed by atoms with Gasteiger partial charge in [-0.15, -0.1) is 0 Å². The van der Waals surface area contributed by atoms with Crippen LogP contribution in [0.2, 0.25) is 0 Å². The molecule has 0 atom stereocenters. The number of carbonyl (C=O) groups excluding carboxylic acids is 1. The number of hydrogen-bond donors (Lipinski definition) is 1. The van der Waals surface area contributed by atoms with Crippen molar-refractivity contribution in [2.24, 2.45) is 0 Å². The van der Waals surface area contributed by atoms with Gasteiger partial charge in [0.15, 0.2) is 5.78 Å². The van der Waals surface area contributed by atoms with E-state index in [1.54, 1.807) is 13.0 Å². The normalized spacial score (nSPS) is 14.7. The van der Waals surface area contributed by atoms with Crippen molar-refractivity contribution < 1.29 is 9.90 Å². The minimum absolute atomic E-state index is 0.0898. The number of aromatic hydroxyl groups is 1. The highest BCUT2D eigenvalue weighted by Crippen LogP contribution is 2.26. The van der Waals surface area contributed by atoms with Gasteiger partial charge in [0.25, 0.3) is 0 Å². The van der Waals surface area contributed by atoms with E-state index >= 15 is 0 Å². The fourth-order valence-electron chi connectivity index (χ4n) is 3.40. The molecule has 2 aromatic carbocycles. The van der Waals surface area contributed by atoms with Crippen molar-refractivity contribution in [3.05, 3.63) is 60.2 Å². The van der Waals surface area contributed by atoms with Crippen LogP contribution in [0.15, 0.2) is 54.6 Å². The molecule has 132 valence electrons. The third-order valence-corrected chi connectivity index (χ3v) is 4.93. The fraction of sp³-hybridized carbons (Fsp3) is 0.238. The molecule has 4 rings (SSSR count). The van der Waals surface area contributed by atoms with Gasteiger partial charge in [0.2, 0.25) is 0 Å². The number of phenolic OH excluding ortho intramolecular Hbond substituents is 1. The van der Waals surface area contributed by atoms with Gasteiger partial charge in [-0.2, -0.15) is 0 Å². The van der Waals surface area contributed by atoms with E-state index in [2.05, 4.69) is 14.8 Å². The number of phenols is 1. The lowest BCUT2D eigenvalue weighted by atomic mass is 10.1. The zero-order valence-corrected chi connectivity index (χ0v) is 14.7. The molecule has 2 heterocycles. The molecule has 0 radical (unpaired) electrons. The Labute approximate surface area is 152 Å². The van der Waals surface area contributed by atoms with Crippen molar-refractivity contribution in [3.63, 3.8) is 0 Å². The van der Waals surface area contributed by atoms with Crippen LogP contribution in [0.1, 0.15) is 17.3 Å². The summed E-state index contributed by atoms with van der Waals surface area (Å²) in [6, 6.07) is 17.3. The second-order valence-corrected chi connectivity index (χ2v) is 6.60. The zero-order chi connectivity index (χ0) is 18.1. The second-order valence-electron chi connectivity index (χ2n) is 6.60. The molecule has 0 amide bonds. The van der Waals surface area contributed by atoms with E-state index in [9.17, 15) is 9.90 Å². The first-order valence-corrected chi connectivity index (χ1v) is 8.81. The molecule has 0 unspecified atom stereocenters. The van der Waals surface area contributed by atoms with E-state index in [4.69, 9.17) is 0 Å². The van der Waals surface area contributed by atoms with Crippen LogP contribution >= 0.6 is 0 Å². The number of Topliss-reactive ketones (excluding diaryl/α,β-unsaturated/α-hetero) is 1. The van der Waals surface area contributed by atoms with E-state index in [-0.39, 0.29) is 11.5 Å². The van der Waals surface area contributed by atoms with Crippen molar-refractivity contribution in [1.29, 1.82) is 0 Å². The molecule has 5 heteroatoms. The van der Waals surface area contributed by atoms with Gasteiger partial charge in [0, 0.05) is 42.8 Å². The molecule has 1 N–H and O–H groups in total. The second kappa shape index (κ2) is 6.67. The number of rotatable bonds is 3. The lowest BCUT2D eigenvalue weighted by molar-refractivity contribution is 0.101. The highest BCUT2D eigenvalue weighted by molar-refractivity contribution is 5.94. The zero-order valence-electron chi connectivity index (χ0n) is 14.7. The maximum absolute atomic E-state index is 11.4. The SMILES string of the molecule is CC(=O)c1ccc(N2CCN(c3ccc4cccc(O)c4n3)CC2)cc1. The molecule has 26 heavy (non-hydrogen) atoms. The third kappa shape index (κ3) is 3.08. The maximum Gasteiger partial charge on any atom is 0.159 e. The number of aromatic nitrogens is 1. The van der Waals surface area contributed by atoms with Gasteiger partial charge in [-0.25, -0.2) is 4.98 Å². The average molecular weight is 347 g/mol. The van der Waals surface area contributed by atoms with Gasteiger partial charge in [0.1, 0.15) is 17.1 Å². The number of para-hydroxylation sites is 1. The van der Waals surface area contributed by atoms with E-state index in [1.165, 1.54) is 0 Å². The molecule has 1 saturated heterocycles. The predicted octanol–water partition coefficient (Wildman–Crippen LogP) is 3.47. The third-order valence-electron chi connectivity index (χ3n) is 4.93. The van der Waals surface area contributed by atoms with E-state index in [1.807, 2.05) is 48.5 Å². The summed E-state index contributed by atoms with van der Waals surface area (Å²) >= 11 is 0. The molecule has 0 saturated carbocycles.